The van der Waals surface area contributed by atoms with E-state index in [0.29, 0.717) is 5.69 Å². The number of halogens is 1. The molecule has 0 saturated carbocycles. The molecule has 2 rings (SSSR count). The summed E-state index contributed by atoms with van der Waals surface area (Å²) in [5, 5.41) is 0.145. The molecule has 0 amide bonds. The van der Waals surface area contributed by atoms with Gasteiger partial charge in [-0.05, 0) is 37.6 Å². The molecule has 0 radical (unpaired) electrons. The highest BCUT2D eigenvalue weighted by molar-refractivity contribution is 7.94. The molecule has 18 heavy (non-hydrogen) atoms. The molecule has 1 N–H and O–H groups in total. The van der Waals surface area contributed by atoms with E-state index in [1.165, 1.54) is 17.5 Å². The van der Waals surface area contributed by atoms with Crippen molar-refractivity contribution in [3.8, 4) is 0 Å². The van der Waals surface area contributed by atoms with Crippen molar-refractivity contribution in [3.05, 3.63) is 40.0 Å². The van der Waals surface area contributed by atoms with E-state index in [2.05, 4.69) is 9.71 Å². The van der Waals surface area contributed by atoms with Gasteiger partial charge in [-0.15, -0.1) is 11.3 Å². The maximum absolute atomic E-state index is 12.1. The Morgan fingerprint density at radius 3 is 2.56 bits per heavy atom. The SMILES string of the molecule is Cc1ccc(S(=O)(=O)Nc2c(C)ccnc2Cl)s1. The zero-order valence-electron chi connectivity index (χ0n) is 9.77. The lowest BCUT2D eigenvalue weighted by Crippen LogP contribution is -2.13. The molecular formula is C11H11ClN2O2S2. The number of rotatable bonds is 3. The van der Waals surface area contributed by atoms with Gasteiger partial charge in [-0.3, -0.25) is 4.72 Å². The minimum atomic E-state index is -3.59. The fraction of sp³-hybridized carbons (Fsp3) is 0.182. The van der Waals surface area contributed by atoms with Gasteiger partial charge in [-0.2, -0.15) is 0 Å². The van der Waals surface area contributed by atoms with Crippen molar-refractivity contribution in [1.82, 2.24) is 4.98 Å². The van der Waals surface area contributed by atoms with E-state index >= 15 is 0 Å². The molecule has 0 fully saturated rings. The molecule has 0 aliphatic carbocycles. The van der Waals surface area contributed by atoms with Gasteiger partial charge in [-0.25, -0.2) is 13.4 Å². The second kappa shape index (κ2) is 4.87. The average molecular weight is 303 g/mol. The average Bonchev–Trinajstić information content (AvgIpc) is 2.71. The molecule has 0 unspecified atom stereocenters. The Kier molecular flexibility index (Phi) is 3.61. The Balaban J connectivity index is 2.40. The first-order valence-electron chi connectivity index (χ1n) is 5.10. The predicted octanol–water partition coefficient (Wildman–Crippen LogP) is 3.21. The third-order valence-electron chi connectivity index (χ3n) is 2.33. The number of aryl methyl sites for hydroxylation is 2. The number of pyridine rings is 1. The summed E-state index contributed by atoms with van der Waals surface area (Å²) in [6.45, 7) is 3.62. The lowest BCUT2D eigenvalue weighted by atomic mass is 10.3. The smallest absolute Gasteiger partial charge is 0.271 e. The molecule has 4 nitrogen and oxygen atoms in total. The summed E-state index contributed by atoms with van der Waals surface area (Å²) in [4.78, 5) is 4.80. The van der Waals surface area contributed by atoms with Gasteiger partial charge in [-0.1, -0.05) is 11.6 Å². The first-order valence-corrected chi connectivity index (χ1v) is 7.78. The normalized spacial score (nSPS) is 11.5. The van der Waals surface area contributed by atoms with Crippen LogP contribution in [-0.2, 0) is 10.0 Å². The van der Waals surface area contributed by atoms with Crippen molar-refractivity contribution in [2.45, 2.75) is 18.1 Å². The molecule has 2 aromatic rings. The van der Waals surface area contributed by atoms with Gasteiger partial charge in [0.1, 0.15) is 4.21 Å². The molecule has 0 spiro atoms. The van der Waals surface area contributed by atoms with Crippen molar-refractivity contribution in [2.24, 2.45) is 0 Å². The van der Waals surface area contributed by atoms with E-state index in [1.54, 1.807) is 25.1 Å². The highest BCUT2D eigenvalue weighted by Crippen LogP contribution is 2.28. The zero-order valence-corrected chi connectivity index (χ0v) is 12.2. The molecule has 0 saturated heterocycles. The first kappa shape index (κ1) is 13.3. The first-order chi connectivity index (χ1) is 8.40. The molecule has 0 aliphatic heterocycles. The number of nitrogens with one attached hydrogen (secondary N) is 1. The van der Waals surface area contributed by atoms with Gasteiger partial charge < -0.3 is 0 Å². The summed E-state index contributed by atoms with van der Waals surface area (Å²) in [6.07, 6.45) is 1.53. The van der Waals surface area contributed by atoms with Crippen LogP contribution in [-0.4, -0.2) is 13.4 Å². The quantitative estimate of drug-likeness (QED) is 0.886. The zero-order chi connectivity index (χ0) is 13.3. The Bertz CT molecular complexity index is 660. The number of thiophene rings is 1. The number of hydrogen-bond donors (Lipinski definition) is 1. The summed E-state index contributed by atoms with van der Waals surface area (Å²) in [5.74, 6) is 0. The Morgan fingerprint density at radius 2 is 2.00 bits per heavy atom. The maximum Gasteiger partial charge on any atom is 0.271 e. The number of sulfonamides is 1. The molecule has 96 valence electrons. The summed E-state index contributed by atoms with van der Waals surface area (Å²) in [6, 6.07) is 5.03. The minimum Gasteiger partial charge on any atom is -0.276 e. The van der Waals surface area contributed by atoms with E-state index in [1.807, 2.05) is 6.92 Å². The largest absolute Gasteiger partial charge is 0.276 e. The molecule has 0 bridgehead atoms. The van der Waals surface area contributed by atoms with Crippen LogP contribution in [0.4, 0.5) is 5.69 Å². The topological polar surface area (TPSA) is 59.1 Å². The maximum atomic E-state index is 12.1. The van der Waals surface area contributed by atoms with Crippen molar-refractivity contribution in [3.63, 3.8) is 0 Å². The monoisotopic (exact) mass is 302 g/mol. The third kappa shape index (κ3) is 2.66. The van der Waals surface area contributed by atoms with Crippen LogP contribution in [0.5, 0.6) is 0 Å². The number of hydrogen-bond acceptors (Lipinski definition) is 4. The van der Waals surface area contributed by atoms with Crippen molar-refractivity contribution < 1.29 is 8.42 Å². The predicted molar refractivity (Wildman–Crippen MR) is 73.8 cm³/mol. The second-order valence-electron chi connectivity index (χ2n) is 3.76. The molecule has 7 heteroatoms. The minimum absolute atomic E-state index is 0.145. The van der Waals surface area contributed by atoms with E-state index < -0.39 is 10.0 Å². The fourth-order valence-corrected chi connectivity index (χ4v) is 4.12. The van der Waals surface area contributed by atoms with Crippen LogP contribution in [0.15, 0.2) is 28.6 Å². The Hall–Kier alpha value is -1.11. The van der Waals surface area contributed by atoms with Gasteiger partial charge in [0.2, 0.25) is 0 Å². The highest BCUT2D eigenvalue weighted by Gasteiger charge is 2.19. The molecule has 0 aliphatic rings. The van der Waals surface area contributed by atoms with Gasteiger partial charge in [0.05, 0.1) is 5.69 Å². The van der Waals surface area contributed by atoms with E-state index in [-0.39, 0.29) is 9.36 Å². The molecule has 0 aromatic carbocycles. The van der Waals surface area contributed by atoms with Crippen LogP contribution in [0.1, 0.15) is 10.4 Å². The Morgan fingerprint density at radius 1 is 1.28 bits per heavy atom. The molecule has 2 heterocycles. The standard InChI is InChI=1S/C11H11ClN2O2S2/c1-7-5-6-13-11(12)10(7)14-18(15,16)9-4-3-8(2)17-9/h3-6,14H,1-2H3. The lowest BCUT2D eigenvalue weighted by Gasteiger charge is -2.09. The van der Waals surface area contributed by atoms with E-state index in [0.717, 1.165) is 10.4 Å². The lowest BCUT2D eigenvalue weighted by molar-refractivity contribution is 0.603. The summed E-state index contributed by atoms with van der Waals surface area (Å²) in [5.41, 5.74) is 1.05. The van der Waals surface area contributed by atoms with Gasteiger partial charge >= 0.3 is 0 Å². The van der Waals surface area contributed by atoms with Crippen LogP contribution in [0.3, 0.4) is 0 Å². The van der Waals surface area contributed by atoms with Crippen LogP contribution in [0, 0.1) is 13.8 Å². The van der Waals surface area contributed by atoms with Crippen LogP contribution >= 0.6 is 22.9 Å². The van der Waals surface area contributed by atoms with E-state index in [4.69, 9.17) is 11.6 Å². The third-order valence-corrected chi connectivity index (χ3v) is 5.46. The van der Waals surface area contributed by atoms with Gasteiger partial charge in [0, 0.05) is 11.1 Å². The van der Waals surface area contributed by atoms with Crippen molar-refractivity contribution >= 4 is 38.6 Å². The number of nitrogens with zero attached hydrogens (tertiary/aromatic N) is 1. The van der Waals surface area contributed by atoms with Gasteiger partial charge in [0.25, 0.3) is 10.0 Å². The van der Waals surface area contributed by atoms with Crippen molar-refractivity contribution in [1.29, 1.82) is 0 Å². The molecule has 2 aromatic heterocycles. The summed E-state index contributed by atoms with van der Waals surface area (Å²) in [7, 11) is -3.59. The Labute approximate surface area is 115 Å². The summed E-state index contributed by atoms with van der Waals surface area (Å²) >= 11 is 7.11. The van der Waals surface area contributed by atoms with Crippen molar-refractivity contribution in [2.75, 3.05) is 4.72 Å². The molecular weight excluding hydrogens is 292 g/mol. The van der Waals surface area contributed by atoms with Gasteiger partial charge in [0.15, 0.2) is 5.15 Å². The highest BCUT2D eigenvalue weighted by atomic mass is 35.5. The second-order valence-corrected chi connectivity index (χ2v) is 7.32. The summed E-state index contributed by atoms with van der Waals surface area (Å²) < 4.78 is 27.0. The fourth-order valence-electron chi connectivity index (χ4n) is 1.39. The van der Waals surface area contributed by atoms with Crippen LogP contribution in [0.2, 0.25) is 5.15 Å². The van der Waals surface area contributed by atoms with E-state index in [9.17, 15) is 8.42 Å². The van der Waals surface area contributed by atoms with Crippen LogP contribution < -0.4 is 4.72 Å². The van der Waals surface area contributed by atoms with Crippen LogP contribution in [0.25, 0.3) is 0 Å². The number of anilines is 1. The molecule has 0 atom stereocenters. The number of aromatic nitrogens is 1.